The molecule has 0 radical (unpaired) electrons. The molecule has 2 N–H and O–H groups in total. The van der Waals surface area contributed by atoms with Gasteiger partial charge >= 0.3 is 6.03 Å². The molecule has 0 saturated heterocycles. The molecule has 0 aliphatic rings. The second-order valence-electron chi connectivity index (χ2n) is 4.97. The quantitative estimate of drug-likeness (QED) is 0.654. The molecule has 0 saturated carbocycles. The molecule has 0 bridgehead atoms. The number of hydrogen-bond acceptors (Lipinski definition) is 9. The highest BCUT2D eigenvalue weighted by Crippen LogP contribution is 2.18. The van der Waals surface area contributed by atoms with Gasteiger partial charge in [0, 0.05) is 12.6 Å². The number of Topliss-reactive ketones (excluding diaryl/α,β-unsaturated/α-hetero) is 1. The van der Waals surface area contributed by atoms with Gasteiger partial charge in [-0.15, -0.1) is 0 Å². The lowest BCUT2D eigenvalue weighted by atomic mass is 10.1. The Balaban J connectivity index is 2.24. The minimum absolute atomic E-state index is 0.0812. The van der Waals surface area contributed by atoms with Gasteiger partial charge in [-0.3, -0.25) is 10.1 Å². The first-order valence-electron chi connectivity index (χ1n) is 7.59. The van der Waals surface area contributed by atoms with Crippen LogP contribution >= 0.6 is 0 Å². The van der Waals surface area contributed by atoms with Gasteiger partial charge in [-0.25, -0.2) is 14.5 Å². The number of hydrogen-bond donors (Lipinski definition) is 2. The summed E-state index contributed by atoms with van der Waals surface area (Å²) < 4.78 is 36.5. The van der Waals surface area contributed by atoms with E-state index in [2.05, 4.69) is 20.3 Å². The molecule has 2 aromatic heterocycles. The average Bonchev–Trinajstić information content (AvgIpc) is 2.66. The van der Waals surface area contributed by atoms with Gasteiger partial charge in [0.05, 0.1) is 25.8 Å². The zero-order valence-electron chi connectivity index (χ0n) is 14.7. The number of aromatic nitrogens is 3. The summed E-state index contributed by atoms with van der Waals surface area (Å²) in [4.78, 5) is 35.4. The maximum atomic E-state index is 12.4. The van der Waals surface area contributed by atoms with Crippen molar-refractivity contribution in [2.24, 2.45) is 0 Å². The molecule has 0 aliphatic carbocycles. The van der Waals surface area contributed by atoms with E-state index in [1.54, 1.807) is 11.6 Å². The zero-order chi connectivity index (χ0) is 20.0. The number of methoxy groups -OCH3 is 2. The molecular formula is C15H17N5O6S. The molecule has 2 amide bonds. The fraction of sp³-hybridized carbons (Fsp3) is 0.267. The lowest BCUT2D eigenvalue weighted by Gasteiger charge is -2.10. The SMILES string of the molecule is CCC(=O)c1cccnc1S(=O)(=O)NC(=O)Nc1nc(OC)cc(OC)n1. The maximum Gasteiger partial charge on any atom is 0.335 e. The molecule has 2 heterocycles. The summed E-state index contributed by atoms with van der Waals surface area (Å²) in [7, 11) is -1.71. The average molecular weight is 395 g/mol. The van der Waals surface area contributed by atoms with Gasteiger partial charge in [-0.05, 0) is 12.1 Å². The van der Waals surface area contributed by atoms with E-state index < -0.39 is 26.9 Å². The molecule has 0 fully saturated rings. The molecule has 11 nitrogen and oxygen atoms in total. The highest BCUT2D eigenvalue weighted by Gasteiger charge is 2.25. The largest absolute Gasteiger partial charge is 0.481 e. The third-order valence-corrected chi connectivity index (χ3v) is 4.49. The molecule has 0 spiro atoms. The Hall–Kier alpha value is -3.28. The van der Waals surface area contributed by atoms with Crippen LogP contribution in [0.5, 0.6) is 11.8 Å². The van der Waals surface area contributed by atoms with Crippen LogP contribution in [0.2, 0.25) is 0 Å². The predicted molar refractivity (Wildman–Crippen MR) is 93.3 cm³/mol. The second-order valence-corrected chi connectivity index (χ2v) is 6.57. The molecular weight excluding hydrogens is 378 g/mol. The van der Waals surface area contributed by atoms with E-state index >= 15 is 0 Å². The monoisotopic (exact) mass is 395 g/mol. The van der Waals surface area contributed by atoms with Gasteiger partial charge in [-0.1, -0.05) is 6.92 Å². The molecule has 0 aliphatic heterocycles. The number of pyridine rings is 1. The van der Waals surface area contributed by atoms with Crippen LogP contribution in [-0.4, -0.2) is 49.4 Å². The van der Waals surface area contributed by atoms with E-state index in [0.717, 1.165) is 0 Å². The fourth-order valence-corrected chi connectivity index (χ4v) is 3.04. The summed E-state index contributed by atoms with van der Waals surface area (Å²) in [5.74, 6) is -0.476. The Kier molecular flexibility index (Phi) is 6.23. The fourth-order valence-electron chi connectivity index (χ4n) is 1.97. The van der Waals surface area contributed by atoms with Crippen molar-refractivity contribution in [3.63, 3.8) is 0 Å². The maximum absolute atomic E-state index is 12.4. The highest BCUT2D eigenvalue weighted by molar-refractivity contribution is 7.90. The summed E-state index contributed by atoms with van der Waals surface area (Å²) in [5, 5.41) is 1.61. The van der Waals surface area contributed by atoms with Crippen molar-refractivity contribution in [1.29, 1.82) is 0 Å². The Morgan fingerprint density at radius 2 is 1.78 bits per heavy atom. The first-order chi connectivity index (χ1) is 12.8. The minimum atomic E-state index is -4.41. The van der Waals surface area contributed by atoms with Gasteiger partial charge in [-0.2, -0.15) is 18.4 Å². The van der Waals surface area contributed by atoms with E-state index in [9.17, 15) is 18.0 Å². The summed E-state index contributed by atoms with van der Waals surface area (Å²) >= 11 is 0. The minimum Gasteiger partial charge on any atom is -0.481 e. The number of nitrogens with one attached hydrogen (secondary N) is 2. The van der Waals surface area contributed by atoms with E-state index in [1.807, 2.05) is 0 Å². The summed E-state index contributed by atoms with van der Waals surface area (Å²) in [6.07, 6.45) is 1.28. The van der Waals surface area contributed by atoms with E-state index in [-0.39, 0.29) is 29.7 Å². The summed E-state index contributed by atoms with van der Waals surface area (Å²) in [6.45, 7) is 1.58. The number of amides is 2. The molecule has 0 atom stereocenters. The van der Waals surface area contributed by atoms with Gasteiger partial charge < -0.3 is 9.47 Å². The normalized spacial score (nSPS) is 10.8. The van der Waals surface area contributed by atoms with Crippen LogP contribution in [0.15, 0.2) is 29.4 Å². The Morgan fingerprint density at radius 1 is 1.15 bits per heavy atom. The third-order valence-electron chi connectivity index (χ3n) is 3.20. The number of nitrogens with zero attached hydrogens (tertiary/aromatic N) is 3. The van der Waals surface area contributed by atoms with Gasteiger partial charge in [0.1, 0.15) is 0 Å². The number of carbonyl (C=O) groups excluding carboxylic acids is 2. The smallest absolute Gasteiger partial charge is 0.335 e. The zero-order valence-corrected chi connectivity index (χ0v) is 15.5. The summed E-state index contributed by atoms with van der Waals surface area (Å²) in [5.41, 5.74) is -0.111. The molecule has 2 aromatic rings. The van der Waals surface area contributed by atoms with Crippen molar-refractivity contribution in [3.05, 3.63) is 30.0 Å². The van der Waals surface area contributed by atoms with Crippen LogP contribution in [0.3, 0.4) is 0 Å². The Labute approximate surface area is 155 Å². The number of ketones is 1. The number of rotatable bonds is 7. The molecule has 2 rings (SSSR count). The lowest BCUT2D eigenvalue weighted by molar-refractivity contribution is 0.0984. The number of urea groups is 1. The molecule has 27 heavy (non-hydrogen) atoms. The van der Waals surface area contributed by atoms with E-state index in [4.69, 9.17) is 9.47 Å². The summed E-state index contributed by atoms with van der Waals surface area (Å²) in [6, 6.07) is 2.97. The van der Waals surface area contributed by atoms with Gasteiger partial charge in [0.2, 0.25) is 17.7 Å². The number of ether oxygens (including phenoxy) is 2. The van der Waals surface area contributed by atoms with Crippen LogP contribution in [0.1, 0.15) is 23.7 Å². The number of anilines is 1. The van der Waals surface area contributed by atoms with Crippen molar-refractivity contribution in [2.75, 3.05) is 19.5 Å². The first kappa shape index (κ1) is 20.0. The second kappa shape index (κ2) is 8.40. The molecule has 12 heteroatoms. The Bertz CT molecular complexity index is 941. The van der Waals surface area contributed by atoms with E-state index in [0.29, 0.717) is 0 Å². The predicted octanol–water partition coefficient (Wildman–Crippen LogP) is 0.992. The van der Waals surface area contributed by atoms with Crippen molar-refractivity contribution in [1.82, 2.24) is 19.7 Å². The van der Waals surface area contributed by atoms with Crippen molar-refractivity contribution < 1.29 is 27.5 Å². The first-order valence-corrected chi connectivity index (χ1v) is 9.08. The molecule has 0 aromatic carbocycles. The van der Waals surface area contributed by atoms with Gasteiger partial charge in [0.25, 0.3) is 10.0 Å². The Morgan fingerprint density at radius 3 is 2.33 bits per heavy atom. The van der Waals surface area contributed by atoms with Crippen molar-refractivity contribution >= 4 is 27.8 Å². The van der Waals surface area contributed by atoms with Gasteiger partial charge in [0.15, 0.2) is 10.8 Å². The van der Waals surface area contributed by atoms with E-state index in [1.165, 1.54) is 38.6 Å². The lowest BCUT2D eigenvalue weighted by Crippen LogP contribution is -2.36. The van der Waals surface area contributed by atoms with Crippen LogP contribution in [0.25, 0.3) is 0 Å². The molecule has 0 unspecified atom stereocenters. The molecule has 144 valence electrons. The topological polar surface area (TPSA) is 149 Å². The van der Waals surface area contributed by atoms with Crippen molar-refractivity contribution in [3.8, 4) is 11.8 Å². The van der Waals surface area contributed by atoms with Crippen molar-refractivity contribution in [2.45, 2.75) is 18.4 Å². The van der Waals surface area contributed by atoms with Crippen LogP contribution < -0.4 is 19.5 Å². The van der Waals surface area contributed by atoms with Crippen LogP contribution in [0.4, 0.5) is 10.7 Å². The third kappa shape index (κ3) is 4.88. The highest BCUT2D eigenvalue weighted by atomic mass is 32.2. The van der Waals surface area contributed by atoms with Crippen LogP contribution in [0, 0.1) is 0 Å². The standard InChI is InChI=1S/C15H17N5O6S/c1-4-10(21)9-6-5-7-16-13(9)27(23,24)20-15(22)19-14-17-11(25-2)8-12(18-14)26-3/h5-8H,4H2,1-3H3,(H2,17,18,19,20,22). The number of sulfonamides is 1. The number of carbonyl (C=O) groups is 2. The van der Waals surface area contributed by atoms with Crippen LogP contribution in [-0.2, 0) is 10.0 Å².